The summed E-state index contributed by atoms with van der Waals surface area (Å²) in [5.41, 5.74) is -1.24. The molecule has 6 nitrogen and oxygen atoms in total. The van der Waals surface area contributed by atoms with E-state index < -0.39 is 21.1 Å². The van der Waals surface area contributed by atoms with Crippen molar-refractivity contribution in [2.75, 3.05) is 12.0 Å². The van der Waals surface area contributed by atoms with E-state index in [1.165, 1.54) is 10.8 Å². The molecule has 0 unspecified atom stereocenters. The molecule has 0 radical (unpaired) electrons. The number of sulfone groups is 1. The Bertz CT molecular complexity index is 587. The van der Waals surface area contributed by atoms with E-state index in [0.29, 0.717) is 6.42 Å². The van der Waals surface area contributed by atoms with Crippen LogP contribution in [0.3, 0.4) is 0 Å². The van der Waals surface area contributed by atoms with Crippen LogP contribution < -0.4 is 11.2 Å². The molecule has 0 saturated carbocycles. The maximum Gasteiger partial charge on any atom is 0.328 e. The predicted molar refractivity (Wildman–Crippen MR) is 60.7 cm³/mol. The molecule has 16 heavy (non-hydrogen) atoms. The number of halogens is 1. The Hall–Kier alpha value is -1.08. The van der Waals surface area contributed by atoms with Crippen molar-refractivity contribution < 1.29 is 8.42 Å². The second kappa shape index (κ2) is 4.84. The molecule has 0 atom stereocenters. The van der Waals surface area contributed by atoms with Gasteiger partial charge in [-0.05, 0) is 6.42 Å². The summed E-state index contributed by atoms with van der Waals surface area (Å²) in [5, 5.41) is -0.0982. The van der Waals surface area contributed by atoms with Gasteiger partial charge in [0.1, 0.15) is 14.9 Å². The Kier molecular flexibility index (Phi) is 3.93. The minimum atomic E-state index is -3.05. The fourth-order valence-corrected chi connectivity index (χ4v) is 1.96. The van der Waals surface area contributed by atoms with Crippen LogP contribution in [0.1, 0.15) is 6.42 Å². The molecule has 0 amide bonds. The molecule has 8 heteroatoms. The van der Waals surface area contributed by atoms with Crippen LogP contribution in [-0.4, -0.2) is 30.0 Å². The molecule has 0 aliphatic carbocycles. The van der Waals surface area contributed by atoms with Crippen molar-refractivity contribution in [1.29, 1.82) is 0 Å². The van der Waals surface area contributed by atoms with Crippen LogP contribution in [0.2, 0.25) is 5.02 Å². The van der Waals surface area contributed by atoms with E-state index >= 15 is 0 Å². The number of aryl methyl sites for hydroxylation is 1. The quantitative estimate of drug-likeness (QED) is 0.805. The van der Waals surface area contributed by atoms with E-state index in [1.54, 1.807) is 0 Å². The molecular formula is C8H11ClN2O4S. The zero-order valence-corrected chi connectivity index (χ0v) is 10.1. The highest BCUT2D eigenvalue weighted by atomic mass is 35.5. The van der Waals surface area contributed by atoms with Gasteiger partial charge in [-0.25, -0.2) is 13.2 Å². The lowest BCUT2D eigenvalue weighted by atomic mass is 10.4. The van der Waals surface area contributed by atoms with Gasteiger partial charge in [0.2, 0.25) is 0 Å². The number of rotatable bonds is 4. The van der Waals surface area contributed by atoms with Crippen LogP contribution in [0.25, 0.3) is 0 Å². The SMILES string of the molecule is CS(=O)(=O)CCCn1cc(Cl)c(=O)[nH]c1=O. The molecule has 0 aromatic carbocycles. The van der Waals surface area contributed by atoms with Gasteiger partial charge in [-0.3, -0.25) is 14.3 Å². The molecule has 1 aromatic heterocycles. The maximum atomic E-state index is 11.2. The van der Waals surface area contributed by atoms with Crippen molar-refractivity contribution in [3.63, 3.8) is 0 Å². The third-order valence-electron chi connectivity index (χ3n) is 1.88. The van der Waals surface area contributed by atoms with E-state index in [2.05, 4.69) is 0 Å². The molecule has 0 spiro atoms. The standard InChI is InChI=1S/C8H11ClN2O4S/c1-16(14,15)4-2-3-11-5-6(9)7(12)10-8(11)13/h5H,2-4H2,1H3,(H,10,12,13). The summed E-state index contributed by atoms with van der Waals surface area (Å²) in [5.74, 6) is -0.0177. The highest BCUT2D eigenvalue weighted by molar-refractivity contribution is 7.90. The predicted octanol–water partition coefficient (Wildman–Crippen LogP) is -0.375. The Morgan fingerprint density at radius 2 is 2.06 bits per heavy atom. The van der Waals surface area contributed by atoms with E-state index in [9.17, 15) is 18.0 Å². The first-order chi connectivity index (χ1) is 7.29. The average molecular weight is 267 g/mol. The van der Waals surface area contributed by atoms with Gasteiger partial charge >= 0.3 is 5.69 Å². The fourth-order valence-electron chi connectivity index (χ4n) is 1.15. The van der Waals surface area contributed by atoms with Crippen LogP contribution >= 0.6 is 11.6 Å². The van der Waals surface area contributed by atoms with Gasteiger partial charge in [0.15, 0.2) is 0 Å². The second-order valence-electron chi connectivity index (χ2n) is 3.41. The number of hydrogen-bond acceptors (Lipinski definition) is 4. The third kappa shape index (κ3) is 3.82. The molecule has 90 valence electrons. The minimum absolute atomic E-state index is 0.0177. The lowest BCUT2D eigenvalue weighted by Gasteiger charge is -2.04. The van der Waals surface area contributed by atoms with Gasteiger partial charge in [-0.2, -0.15) is 0 Å². The Morgan fingerprint density at radius 3 is 2.62 bits per heavy atom. The van der Waals surface area contributed by atoms with E-state index in [-0.39, 0.29) is 17.3 Å². The third-order valence-corrected chi connectivity index (χ3v) is 3.18. The summed E-state index contributed by atoms with van der Waals surface area (Å²) in [4.78, 5) is 24.2. The highest BCUT2D eigenvalue weighted by Gasteiger charge is 2.05. The molecule has 1 rings (SSSR count). The van der Waals surface area contributed by atoms with E-state index in [4.69, 9.17) is 11.6 Å². The summed E-state index contributed by atoms with van der Waals surface area (Å²) in [6, 6.07) is 0. The van der Waals surface area contributed by atoms with Crippen molar-refractivity contribution in [1.82, 2.24) is 9.55 Å². The van der Waals surface area contributed by atoms with Crippen molar-refractivity contribution in [3.8, 4) is 0 Å². The summed E-state index contributed by atoms with van der Waals surface area (Å²) in [6.45, 7) is 0.197. The van der Waals surface area contributed by atoms with Crippen LogP contribution in [-0.2, 0) is 16.4 Å². The molecule has 0 bridgehead atoms. The number of hydrogen-bond donors (Lipinski definition) is 1. The monoisotopic (exact) mass is 266 g/mol. The average Bonchev–Trinajstić information content (AvgIpc) is 2.11. The molecular weight excluding hydrogens is 256 g/mol. The van der Waals surface area contributed by atoms with Gasteiger partial charge in [-0.15, -0.1) is 0 Å². The molecule has 1 aromatic rings. The normalized spacial score (nSPS) is 11.6. The number of H-pyrrole nitrogens is 1. The minimum Gasteiger partial charge on any atom is -0.299 e. The van der Waals surface area contributed by atoms with Gasteiger partial charge in [-0.1, -0.05) is 11.6 Å². The molecule has 0 saturated heterocycles. The first kappa shape index (κ1) is 13.0. The van der Waals surface area contributed by atoms with Gasteiger partial charge < -0.3 is 0 Å². The second-order valence-corrected chi connectivity index (χ2v) is 6.08. The van der Waals surface area contributed by atoms with E-state index in [0.717, 1.165) is 6.26 Å². The summed E-state index contributed by atoms with van der Waals surface area (Å²) in [7, 11) is -3.05. The number of nitrogens with one attached hydrogen (secondary N) is 1. The van der Waals surface area contributed by atoms with Gasteiger partial charge in [0.05, 0.1) is 5.75 Å². The van der Waals surface area contributed by atoms with Crippen LogP contribution in [0.15, 0.2) is 15.8 Å². The van der Waals surface area contributed by atoms with E-state index in [1.807, 2.05) is 4.98 Å². The first-order valence-corrected chi connectivity index (χ1v) is 6.90. The lowest BCUT2D eigenvalue weighted by Crippen LogP contribution is -2.30. The van der Waals surface area contributed by atoms with Crippen molar-refractivity contribution in [3.05, 3.63) is 32.1 Å². The van der Waals surface area contributed by atoms with Crippen LogP contribution in [0.5, 0.6) is 0 Å². The first-order valence-electron chi connectivity index (χ1n) is 4.46. The smallest absolute Gasteiger partial charge is 0.299 e. The van der Waals surface area contributed by atoms with Crippen LogP contribution in [0, 0.1) is 0 Å². The summed E-state index contributed by atoms with van der Waals surface area (Å²) >= 11 is 5.53. The number of aromatic amines is 1. The Balaban J connectivity index is 2.80. The zero-order chi connectivity index (χ0) is 12.3. The lowest BCUT2D eigenvalue weighted by molar-refractivity contribution is 0.586. The maximum absolute atomic E-state index is 11.2. The zero-order valence-electron chi connectivity index (χ0n) is 8.57. The molecule has 1 heterocycles. The van der Waals surface area contributed by atoms with Crippen molar-refractivity contribution in [2.45, 2.75) is 13.0 Å². The molecule has 0 fully saturated rings. The Morgan fingerprint density at radius 1 is 1.44 bits per heavy atom. The number of aromatic nitrogens is 2. The summed E-state index contributed by atoms with van der Waals surface area (Å²) < 4.78 is 22.9. The Labute approximate surface area is 96.8 Å². The largest absolute Gasteiger partial charge is 0.328 e. The van der Waals surface area contributed by atoms with Crippen molar-refractivity contribution in [2.24, 2.45) is 0 Å². The van der Waals surface area contributed by atoms with Crippen molar-refractivity contribution >= 4 is 21.4 Å². The van der Waals surface area contributed by atoms with Gasteiger partial charge in [0.25, 0.3) is 5.56 Å². The van der Waals surface area contributed by atoms with Crippen LogP contribution in [0.4, 0.5) is 0 Å². The summed E-state index contributed by atoms with van der Waals surface area (Å²) in [6.07, 6.45) is 2.61. The highest BCUT2D eigenvalue weighted by Crippen LogP contribution is 1.97. The molecule has 0 aliphatic rings. The topological polar surface area (TPSA) is 89.0 Å². The van der Waals surface area contributed by atoms with Gasteiger partial charge in [0, 0.05) is 19.0 Å². The fraction of sp³-hybridized carbons (Fsp3) is 0.500. The number of nitrogens with zero attached hydrogens (tertiary/aromatic N) is 1. The molecule has 0 aliphatic heterocycles. The molecule has 1 N–H and O–H groups in total.